The molecule has 1 aromatic heterocycles. The number of amides is 1. The largest absolute Gasteiger partial charge is 0.493 e. The monoisotopic (exact) mass is 451 g/mol. The number of carbonyl (C=O) groups is 2. The molecule has 1 heterocycles. The Hall–Kier alpha value is -3.12. The van der Waals surface area contributed by atoms with Crippen molar-refractivity contribution < 1.29 is 19.1 Å². The topological polar surface area (TPSA) is 64.6 Å². The second-order valence-corrected chi connectivity index (χ2v) is 8.82. The Labute approximate surface area is 193 Å². The minimum absolute atomic E-state index is 0.152. The Bertz CT molecular complexity index is 1090. The molecule has 0 aliphatic heterocycles. The highest BCUT2D eigenvalue weighted by molar-refractivity contribution is 7.17. The molecule has 0 spiro atoms. The molecule has 0 unspecified atom stereocenters. The molecular weight excluding hydrogens is 422 g/mol. The van der Waals surface area contributed by atoms with Gasteiger partial charge >= 0.3 is 5.97 Å². The fourth-order valence-corrected chi connectivity index (χ4v) is 4.63. The molecule has 0 saturated heterocycles. The van der Waals surface area contributed by atoms with E-state index in [0.29, 0.717) is 30.0 Å². The minimum atomic E-state index is -0.427. The van der Waals surface area contributed by atoms with E-state index in [4.69, 9.17) is 9.47 Å². The smallest absolute Gasteiger partial charge is 0.341 e. The second kappa shape index (κ2) is 11.0. The maximum absolute atomic E-state index is 12.7. The summed E-state index contributed by atoms with van der Waals surface area (Å²) in [5.74, 6) is 0.256. The van der Waals surface area contributed by atoms with E-state index in [9.17, 15) is 9.59 Å². The molecule has 32 heavy (non-hydrogen) atoms. The van der Waals surface area contributed by atoms with Gasteiger partial charge in [-0.1, -0.05) is 48.0 Å². The van der Waals surface area contributed by atoms with Gasteiger partial charge in [-0.2, -0.15) is 0 Å². The molecule has 0 saturated carbocycles. The summed E-state index contributed by atoms with van der Waals surface area (Å²) >= 11 is 1.39. The SMILES string of the molecule is CCOC(=O)c1c(NC(=O)CCCOc2ccc(C)cc2C)sc(C)c1-c1ccccc1. The minimum Gasteiger partial charge on any atom is -0.493 e. The number of rotatable bonds is 9. The molecule has 0 bridgehead atoms. The van der Waals surface area contributed by atoms with E-state index < -0.39 is 5.97 Å². The fourth-order valence-electron chi connectivity index (χ4n) is 3.55. The van der Waals surface area contributed by atoms with Crippen LogP contribution in [0.3, 0.4) is 0 Å². The van der Waals surface area contributed by atoms with Crippen LogP contribution in [0.25, 0.3) is 11.1 Å². The summed E-state index contributed by atoms with van der Waals surface area (Å²) in [6.45, 7) is 8.49. The molecule has 3 rings (SSSR count). The first kappa shape index (κ1) is 23.5. The molecule has 0 aliphatic rings. The van der Waals surface area contributed by atoms with Gasteiger partial charge in [-0.15, -0.1) is 11.3 Å². The number of nitrogens with one attached hydrogen (secondary N) is 1. The number of ether oxygens (including phenoxy) is 2. The summed E-state index contributed by atoms with van der Waals surface area (Å²) in [5.41, 5.74) is 4.42. The summed E-state index contributed by atoms with van der Waals surface area (Å²) in [4.78, 5) is 26.3. The van der Waals surface area contributed by atoms with Crippen LogP contribution >= 0.6 is 11.3 Å². The van der Waals surface area contributed by atoms with Gasteiger partial charge in [0.25, 0.3) is 0 Å². The third kappa shape index (κ3) is 5.77. The van der Waals surface area contributed by atoms with Crippen LogP contribution in [-0.4, -0.2) is 25.1 Å². The highest BCUT2D eigenvalue weighted by Gasteiger charge is 2.25. The van der Waals surface area contributed by atoms with Crippen LogP contribution in [0.5, 0.6) is 5.75 Å². The van der Waals surface area contributed by atoms with Crippen molar-refractivity contribution in [3.8, 4) is 16.9 Å². The first-order chi connectivity index (χ1) is 15.4. The zero-order valence-corrected chi connectivity index (χ0v) is 19.8. The third-order valence-corrected chi connectivity index (χ3v) is 6.04. The van der Waals surface area contributed by atoms with Crippen molar-refractivity contribution in [3.63, 3.8) is 0 Å². The van der Waals surface area contributed by atoms with Crippen molar-refractivity contribution in [1.29, 1.82) is 0 Å². The van der Waals surface area contributed by atoms with Crippen molar-refractivity contribution in [1.82, 2.24) is 0 Å². The zero-order chi connectivity index (χ0) is 23.1. The second-order valence-electron chi connectivity index (χ2n) is 7.59. The van der Waals surface area contributed by atoms with Crippen molar-refractivity contribution in [2.24, 2.45) is 0 Å². The molecule has 2 aromatic carbocycles. The van der Waals surface area contributed by atoms with Gasteiger partial charge in [-0.3, -0.25) is 4.79 Å². The lowest BCUT2D eigenvalue weighted by Crippen LogP contribution is -2.15. The molecule has 0 aliphatic carbocycles. The predicted octanol–water partition coefficient (Wildman–Crippen LogP) is 6.31. The average molecular weight is 452 g/mol. The number of carbonyl (C=O) groups excluding carboxylic acids is 2. The molecule has 1 N–H and O–H groups in total. The van der Waals surface area contributed by atoms with E-state index in [0.717, 1.165) is 27.3 Å². The normalized spacial score (nSPS) is 10.6. The highest BCUT2D eigenvalue weighted by atomic mass is 32.1. The predicted molar refractivity (Wildman–Crippen MR) is 130 cm³/mol. The molecule has 0 fully saturated rings. The van der Waals surface area contributed by atoms with E-state index in [2.05, 4.69) is 11.4 Å². The Morgan fingerprint density at radius 3 is 2.47 bits per heavy atom. The fraction of sp³-hybridized carbons (Fsp3) is 0.308. The van der Waals surface area contributed by atoms with E-state index in [1.54, 1.807) is 6.92 Å². The van der Waals surface area contributed by atoms with E-state index in [1.807, 2.05) is 63.2 Å². The Balaban J connectivity index is 1.68. The zero-order valence-electron chi connectivity index (χ0n) is 19.0. The molecule has 6 heteroatoms. The number of hydrogen-bond acceptors (Lipinski definition) is 5. The summed E-state index contributed by atoms with van der Waals surface area (Å²) in [6.07, 6.45) is 0.870. The molecule has 5 nitrogen and oxygen atoms in total. The maximum Gasteiger partial charge on any atom is 0.341 e. The Morgan fingerprint density at radius 2 is 1.78 bits per heavy atom. The highest BCUT2D eigenvalue weighted by Crippen LogP contribution is 2.40. The van der Waals surface area contributed by atoms with Crippen LogP contribution in [0.4, 0.5) is 5.00 Å². The number of esters is 1. The van der Waals surface area contributed by atoms with Crippen LogP contribution in [0.2, 0.25) is 0 Å². The molecule has 0 atom stereocenters. The van der Waals surface area contributed by atoms with Gasteiger partial charge in [0, 0.05) is 16.9 Å². The number of anilines is 1. The Morgan fingerprint density at radius 1 is 1.03 bits per heavy atom. The molecule has 0 radical (unpaired) electrons. The van der Waals surface area contributed by atoms with Crippen LogP contribution in [0.15, 0.2) is 48.5 Å². The molecular formula is C26H29NO4S. The lowest BCUT2D eigenvalue weighted by Gasteiger charge is -2.10. The lowest BCUT2D eigenvalue weighted by molar-refractivity contribution is -0.116. The summed E-state index contributed by atoms with van der Waals surface area (Å²) < 4.78 is 11.1. The summed E-state index contributed by atoms with van der Waals surface area (Å²) in [6, 6.07) is 15.7. The maximum atomic E-state index is 12.7. The lowest BCUT2D eigenvalue weighted by atomic mass is 10.0. The third-order valence-electron chi connectivity index (χ3n) is 5.02. The standard InChI is InChI=1S/C26H29NO4S/c1-5-30-26(29)24-23(20-10-7-6-8-11-20)19(4)32-25(24)27-22(28)12-9-15-31-21-14-13-17(2)16-18(21)3/h6-8,10-11,13-14,16H,5,9,12,15H2,1-4H3,(H,27,28). The first-order valence-corrected chi connectivity index (χ1v) is 11.6. The van der Waals surface area contributed by atoms with Gasteiger partial charge < -0.3 is 14.8 Å². The van der Waals surface area contributed by atoms with Gasteiger partial charge in [0.1, 0.15) is 16.3 Å². The number of benzene rings is 2. The van der Waals surface area contributed by atoms with Crippen molar-refractivity contribution in [3.05, 3.63) is 70.1 Å². The van der Waals surface area contributed by atoms with Crippen LogP contribution in [0.1, 0.15) is 46.1 Å². The summed E-state index contributed by atoms with van der Waals surface area (Å²) in [7, 11) is 0. The van der Waals surface area contributed by atoms with Crippen molar-refractivity contribution in [2.45, 2.75) is 40.5 Å². The van der Waals surface area contributed by atoms with Crippen molar-refractivity contribution >= 4 is 28.2 Å². The van der Waals surface area contributed by atoms with Gasteiger partial charge in [-0.25, -0.2) is 4.79 Å². The molecule has 168 valence electrons. The number of hydrogen-bond donors (Lipinski definition) is 1. The van der Waals surface area contributed by atoms with Gasteiger partial charge in [-0.05, 0) is 51.3 Å². The van der Waals surface area contributed by atoms with Gasteiger partial charge in [0.2, 0.25) is 5.91 Å². The van der Waals surface area contributed by atoms with E-state index in [-0.39, 0.29) is 12.5 Å². The average Bonchev–Trinajstić information content (AvgIpc) is 3.08. The number of aryl methyl sites for hydroxylation is 3. The molecule has 1 amide bonds. The van der Waals surface area contributed by atoms with Gasteiger partial charge in [0.15, 0.2) is 0 Å². The first-order valence-electron chi connectivity index (χ1n) is 10.8. The van der Waals surface area contributed by atoms with Crippen LogP contribution in [0, 0.1) is 20.8 Å². The summed E-state index contributed by atoms with van der Waals surface area (Å²) in [5, 5.41) is 3.45. The number of thiophene rings is 1. The van der Waals surface area contributed by atoms with Crippen LogP contribution in [-0.2, 0) is 9.53 Å². The molecule has 3 aromatic rings. The quantitative estimate of drug-likeness (QED) is 0.306. The van der Waals surface area contributed by atoms with E-state index in [1.165, 1.54) is 16.9 Å². The van der Waals surface area contributed by atoms with Gasteiger partial charge in [0.05, 0.1) is 13.2 Å². The van der Waals surface area contributed by atoms with E-state index >= 15 is 0 Å². The Kier molecular flexibility index (Phi) is 8.06. The van der Waals surface area contributed by atoms with Crippen molar-refractivity contribution in [2.75, 3.05) is 18.5 Å². The van der Waals surface area contributed by atoms with Crippen LogP contribution < -0.4 is 10.1 Å².